The highest BCUT2D eigenvalue weighted by Gasteiger charge is 2.22. The molecule has 2 nitrogen and oxygen atoms in total. The molecule has 0 saturated carbocycles. The third-order valence-corrected chi connectivity index (χ3v) is 3.74. The largest absolute Gasteiger partial charge is 0.354 e. The van der Waals surface area contributed by atoms with Gasteiger partial charge < -0.3 is 4.90 Å². The number of alkyl halides is 1. The predicted molar refractivity (Wildman–Crippen MR) is 73.8 cm³/mol. The number of nitrogens with zero attached hydrogens (tertiary/aromatic N) is 2. The van der Waals surface area contributed by atoms with E-state index in [1.807, 2.05) is 0 Å². The predicted octanol–water partition coefficient (Wildman–Crippen LogP) is 3.76. The van der Waals surface area contributed by atoms with Crippen LogP contribution in [-0.2, 0) is 12.3 Å². The average Bonchev–Trinajstić information content (AvgIpc) is 2.75. The van der Waals surface area contributed by atoms with Gasteiger partial charge in [-0.05, 0) is 43.9 Å². The van der Waals surface area contributed by atoms with Crippen molar-refractivity contribution in [2.45, 2.75) is 51.5 Å². The average molecular weight is 253 g/mol. The van der Waals surface area contributed by atoms with Gasteiger partial charge in [-0.2, -0.15) is 0 Å². The topological polar surface area (TPSA) is 16.1 Å². The summed E-state index contributed by atoms with van der Waals surface area (Å²) in [6.45, 7) is 5.60. The SMILES string of the molecule is CCCc1cc(CCl)cc(N2CCCC2C)n1. The van der Waals surface area contributed by atoms with E-state index in [1.54, 1.807) is 0 Å². The maximum absolute atomic E-state index is 5.97. The first kappa shape index (κ1) is 12.7. The minimum atomic E-state index is 0.578. The van der Waals surface area contributed by atoms with Crippen molar-refractivity contribution in [3.63, 3.8) is 0 Å². The molecule has 2 rings (SSSR count). The monoisotopic (exact) mass is 252 g/mol. The molecule has 94 valence electrons. The maximum Gasteiger partial charge on any atom is 0.129 e. The summed E-state index contributed by atoms with van der Waals surface area (Å²) < 4.78 is 0. The van der Waals surface area contributed by atoms with Crippen molar-refractivity contribution in [3.8, 4) is 0 Å². The molecule has 2 heterocycles. The van der Waals surface area contributed by atoms with Gasteiger partial charge in [-0.1, -0.05) is 13.3 Å². The molecule has 1 fully saturated rings. The molecular formula is C14H21ClN2. The van der Waals surface area contributed by atoms with Gasteiger partial charge in [0.25, 0.3) is 0 Å². The number of halogens is 1. The normalized spacial score (nSPS) is 19.9. The molecule has 0 amide bonds. The van der Waals surface area contributed by atoms with E-state index in [1.165, 1.54) is 24.1 Å². The molecule has 0 aromatic carbocycles. The summed E-state index contributed by atoms with van der Waals surface area (Å²) in [5.41, 5.74) is 2.37. The van der Waals surface area contributed by atoms with Crippen LogP contribution in [0.3, 0.4) is 0 Å². The highest BCUT2D eigenvalue weighted by atomic mass is 35.5. The molecule has 1 aliphatic rings. The molecule has 0 spiro atoms. The van der Waals surface area contributed by atoms with Crippen molar-refractivity contribution in [1.29, 1.82) is 0 Å². The molecule has 1 aliphatic heterocycles. The van der Waals surface area contributed by atoms with Crippen molar-refractivity contribution < 1.29 is 0 Å². The molecule has 1 aromatic rings. The third-order valence-electron chi connectivity index (χ3n) is 3.43. The highest BCUT2D eigenvalue weighted by molar-refractivity contribution is 6.17. The third kappa shape index (κ3) is 2.92. The van der Waals surface area contributed by atoms with Gasteiger partial charge in [0.15, 0.2) is 0 Å². The van der Waals surface area contributed by atoms with Gasteiger partial charge in [0.2, 0.25) is 0 Å². The second-order valence-corrected chi connectivity index (χ2v) is 5.16. The molecule has 3 heteroatoms. The van der Waals surface area contributed by atoms with Crippen LogP contribution in [0.2, 0.25) is 0 Å². The van der Waals surface area contributed by atoms with Crippen LogP contribution in [-0.4, -0.2) is 17.6 Å². The second-order valence-electron chi connectivity index (χ2n) is 4.89. The zero-order valence-corrected chi connectivity index (χ0v) is 11.5. The maximum atomic E-state index is 5.97. The van der Waals surface area contributed by atoms with Gasteiger partial charge in [0.1, 0.15) is 5.82 Å². The molecule has 0 N–H and O–H groups in total. The van der Waals surface area contributed by atoms with Crippen molar-refractivity contribution in [3.05, 3.63) is 23.4 Å². The van der Waals surface area contributed by atoms with Gasteiger partial charge in [0.05, 0.1) is 0 Å². The lowest BCUT2D eigenvalue weighted by atomic mass is 10.1. The first-order valence-corrected chi connectivity index (χ1v) is 7.10. The fourth-order valence-electron chi connectivity index (χ4n) is 2.52. The van der Waals surface area contributed by atoms with Crippen LogP contribution in [0, 0.1) is 0 Å². The molecule has 0 radical (unpaired) electrons. The Labute approximate surface area is 109 Å². The molecular weight excluding hydrogens is 232 g/mol. The fourth-order valence-corrected chi connectivity index (χ4v) is 2.67. The van der Waals surface area contributed by atoms with E-state index >= 15 is 0 Å². The van der Waals surface area contributed by atoms with E-state index in [9.17, 15) is 0 Å². The van der Waals surface area contributed by atoms with Crippen LogP contribution in [0.4, 0.5) is 5.82 Å². The van der Waals surface area contributed by atoms with Gasteiger partial charge in [0, 0.05) is 24.2 Å². The summed E-state index contributed by atoms with van der Waals surface area (Å²) in [6, 6.07) is 4.90. The number of pyridine rings is 1. The quantitative estimate of drug-likeness (QED) is 0.759. The van der Waals surface area contributed by atoms with Crippen molar-refractivity contribution in [1.82, 2.24) is 4.98 Å². The zero-order chi connectivity index (χ0) is 12.3. The fraction of sp³-hybridized carbons (Fsp3) is 0.643. The Hall–Kier alpha value is -0.760. The van der Waals surface area contributed by atoms with Crippen LogP contribution in [0.5, 0.6) is 0 Å². The van der Waals surface area contributed by atoms with Crippen molar-refractivity contribution in [2.24, 2.45) is 0 Å². The van der Waals surface area contributed by atoms with Crippen LogP contribution < -0.4 is 4.90 Å². The van der Waals surface area contributed by atoms with E-state index in [-0.39, 0.29) is 0 Å². The Morgan fingerprint density at radius 3 is 2.88 bits per heavy atom. The summed E-state index contributed by atoms with van der Waals surface area (Å²) >= 11 is 5.97. The summed E-state index contributed by atoms with van der Waals surface area (Å²) in [5.74, 6) is 1.70. The smallest absolute Gasteiger partial charge is 0.129 e. The number of hydrogen-bond donors (Lipinski definition) is 0. The molecule has 17 heavy (non-hydrogen) atoms. The summed E-state index contributed by atoms with van der Waals surface area (Å²) in [6.07, 6.45) is 4.72. The lowest BCUT2D eigenvalue weighted by Crippen LogP contribution is -2.27. The van der Waals surface area contributed by atoms with Crippen LogP contribution in [0.25, 0.3) is 0 Å². The lowest BCUT2D eigenvalue weighted by molar-refractivity contribution is 0.723. The van der Waals surface area contributed by atoms with Crippen molar-refractivity contribution in [2.75, 3.05) is 11.4 Å². The molecule has 1 unspecified atom stereocenters. The van der Waals surface area contributed by atoms with E-state index in [2.05, 4.69) is 30.9 Å². The standard InChI is InChI=1S/C14H21ClN2/c1-3-5-13-8-12(10-15)9-14(16-13)17-7-4-6-11(17)2/h8-9,11H,3-7,10H2,1-2H3. The number of rotatable bonds is 4. The summed E-state index contributed by atoms with van der Waals surface area (Å²) in [4.78, 5) is 7.18. The van der Waals surface area contributed by atoms with E-state index in [0.717, 1.165) is 25.2 Å². The summed E-state index contributed by atoms with van der Waals surface area (Å²) in [7, 11) is 0. The minimum absolute atomic E-state index is 0.578. The molecule has 1 saturated heterocycles. The molecule has 1 atom stereocenters. The summed E-state index contributed by atoms with van der Waals surface area (Å²) in [5, 5.41) is 0. The number of aromatic nitrogens is 1. The van der Waals surface area contributed by atoms with E-state index in [0.29, 0.717) is 11.9 Å². The van der Waals surface area contributed by atoms with E-state index < -0.39 is 0 Å². The number of hydrogen-bond acceptors (Lipinski definition) is 2. The van der Waals surface area contributed by atoms with Gasteiger partial charge in [-0.15, -0.1) is 11.6 Å². The van der Waals surface area contributed by atoms with Crippen molar-refractivity contribution >= 4 is 17.4 Å². The highest BCUT2D eigenvalue weighted by Crippen LogP contribution is 2.25. The Kier molecular flexibility index (Phi) is 4.27. The minimum Gasteiger partial charge on any atom is -0.354 e. The number of aryl methyl sites for hydroxylation is 1. The van der Waals surface area contributed by atoms with Gasteiger partial charge in [-0.25, -0.2) is 4.98 Å². The van der Waals surface area contributed by atoms with Gasteiger partial charge >= 0.3 is 0 Å². The van der Waals surface area contributed by atoms with E-state index in [4.69, 9.17) is 16.6 Å². The zero-order valence-electron chi connectivity index (χ0n) is 10.7. The Morgan fingerprint density at radius 2 is 2.29 bits per heavy atom. The lowest BCUT2D eigenvalue weighted by Gasteiger charge is -2.23. The number of anilines is 1. The first-order chi connectivity index (χ1) is 8.24. The molecule has 0 bridgehead atoms. The van der Waals surface area contributed by atoms with Crippen LogP contribution in [0.15, 0.2) is 12.1 Å². The van der Waals surface area contributed by atoms with Crippen LogP contribution >= 0.6 is 11.6 Å². The Bertz CT molecular complexity index is 378. The first-order valence-electron chi connectivity index (χ1n) is 6.57. The second kappa shape index (κ2) is 5.72. The Balaban J connectivity index is 2.28. The molecule has 0 aliphatic carbocycles. The van der Waals surface area contributed by atoms with Gasteiger partial charge in [-0.3, -0.25) is 0 Å². The molecule has 1 aromatic heterocycles. The Morgan fingerprint density at radius 1 is 1.47 bits per heavy atom. The van der Waals surface area contributed by atoms with Crippen LogP contribution in [0.1, 0.15) is 44.4 Å².